The fourth-order valence-electron chi connectivity index (χ4n) is 3.25. The number of para-hydroxylation sites is 1. The van der Waals surface area contributed by atoms with Crippen molar-refractivity contribution in [3.05, 3.63) is 41.5 Å². The molecule has 0 bridgehead atoms. The number of halogens is 1. The van der Waals surface area contributed by atoms with E-state index >= 15 is 0 Å². The number of nitriles is 1. The summed E-state index contributed by atoms with van der Waals surface area (Å²) in [5.41, 5.74) is 1.38. The van der Waals surface area contributed by atoms with Crippen molar-refractivity contribution >= 4 is 0 Å². The summed E-state index contributed by atoms with van der Waals surface area (Å²) in [6.45, 7) is 0. The van der Waals surface area contributed by atoms with E-state index in [1.54, 1.807) is 18.2 Å². The molecule has 1 saturated carbocycles. The summed E-state index contributed by atoms with van der Waals surface area (Å²) in [6.07, 6.45) is 8.15. The van der Waals surface area contributed by atoms with Crippen LogP contribution in [-0.2, 0) is 6.42 Å². The molecule has 0 aliphatic heterocycles. The third-order valence-corrected chi connectivity index (χ3v) is 4.46. The fourth-order valence-corrected chi connectivity index (χ4v) is 3.25. The number of aromatic nitrogens is 3. The molecule has 0 spiro atoms. The maximum Gasteiger partial charge on any atom is 0.186 e. The normalized spacial score (nSPS) is 15.6. The SMILES string of the molecule is N#Cc1nnn(-c2ccccc2F)c1CCC1CCCCC1. The van der Waals surface area contributed by atoms with Gasteiger partial charge in [-0.2, -0.15) is 5.26 Å². The molecule has 0 unspecified atom stereocenters. The van der Waals surface area contributed by atoms with Crippen molar-refractivity contribution in [2.75, 3.05) is 0 Å². The average molecular weight is 298 g/mol. The standard InChI is InChI=1S/C17H19FN4/c18-14-8-4-5-9-16(14)22-17(15(12-19)20-21-22)11-10-13-6-2-1-3-7-13/h4-5,8-9,13H,1-3,6-7,10-11H2. The monoisotopic (exact) mass is 298 g/mol. The van der Waals surface area contributed by atoms with E-state index in [2.05, 4.69) is 16.4 Å². The van der Waals surface area contributed by atoms with Crippen molar-refractivity contribution in [3.8, 4) is 11.8 Å². The van der Waals surface area contributed by atoms with Gasteiger partial charge in [0.2, 0.25) is 0 Å². The van der Waals surface area contributed by atoms with Crippen molar-refractivity contribution in [2.45, 2.75) is 44.9 Å². The van der Waals surface area contributed by atoms with E-state index in [0.29, 0.717) is 17.3 Å². The number of benzene rings is 1. The average Bonchev–Trinajstić information content (AvgIpc) is 2.97. The van der Waals surface area contributed by atoms with Gasteiger partial charge in [-0.3, -0.25) is 0 Å². The molecule has 0 atom stereocenters. The summed E-state index contributed by atoms with van der Waals surface area (Å²) >= 11 is 0. The molecule has 3 rings (SSSR count). The molecular weight excluding hydrogens is 279 g/mol. The van der Waals surface area contributed by atoms with Gasteiger partial charge in [0.25, 0.3) is 0 Å². The Kier molecular flexibility index (Phi) is 4.47. The highest BCUT2D eigenvalue weighted by molar-refractivity contribution is 5.37. The van der Waals surface area contributed by atoms with Crippen LogP contribution in [0.15, 0.2) is 24.3 Å². The number of hydrogen-bond acceptors (Lipinski definition) is 3. The molecule has 1 aromatic carbocycles. The molecule has 0 N–H and O–H groups in total. The first-order valence-corrected chi connectivity index (χ1v) is 7.89. The lowest BCUT2D eigenvalue weighted by molar-refractivity contribution is 0.337. The molecule has 1 aliphatic carbocycles. The molecule has 5 heteroatoms. The first kappa shape index (κ1) is 14.7. The molecule has 0 saturated heterocycles. The molecule has 1 aliphatic rings. The molecule has 4 nitrogen and oxygen atoms in total. The van der Waals surface area contributed by atoms with Gasteiger partial charge in [0.15, 0.2) is 5.69 Å². The highest BCUT2D eigenvalue weighted by Gasteiger charge is 2.19. The maximum atomic E-state index is 14.0. The van der Waals surface area contributed by atoms with Crippen LogP contribution in [0.5, 0.6) is 0 Å². The largest absolute Gasteiger partial charge is 0.213 e. The topological polar surface area (TPSA) is 54.5 Å². The second kappa shape index (κ2) is 6.69. The fraction of sp³-hybridized carbons (Fsp3) is 0.471. The Hall–Kier alpha value is -2.22. The predicted molar refractivity (Wildman–Crippen MR) is 80.9 cm³/mol. The van der Waals surface area contributed by atoms with E-state index in [4.69, 9.17) is 0 Å². The molecule has 2 aromatic rings. The van der Waals surface area contributed by atoms with Crippen LogP contribution in [0.4, 0.5) is 4.39 Å². The number of rotatable bonds is 4. The third-order valence-electron chi connectivity index (χ3n) is 4.46. The number of nitrogens with zero attached hydrogens (tertiary/aromatic N) is 4. The molecule has 22 heavy (non-hydrogen) atoms. The Morgan fingerprint density at radius 2 is 2.00 bits per heavy atom. The van der Waals surface area contributed by atoms with Crippen LogP contribution in [0.1, 0.15) is 49.9 Å². The van der Waals surface area contributed by atoms with Gasteiger partial charge < -0.3 is 0 Å². The van der Waals surface area contributed by atoms with Crippen LogP contribution in [0.2, 0.25) is 0 Å². The third kappa shape index (κ3) is 3.01. The maximum absolute atomic E-state index is 14.0. The summed E-state index contributed by atoms with van der Waals surface area (Å²) in [7, 11) is 0. The van der Waals surface area contributed by atoms with Gasteiger partial charge in [0.05, 0.1) is 5.69 Å². The van der Waals surface area contributed by atoms with Gasteiger partial charge in [-0.1, -0.05) is 49.5 Å². The Balaban J connectivity index is 1.84. The van der Waals surface area contributed by atoms with Gasteiger partial charge in [-0.25, -0.2) is 9.07 Å². The summed E-state index contributed by atoms with van der Waals surface area (Å²) in [5.74, 6) is 0.347. The molecule has 1 aromatic heterocycles. The Labute approximate surface area is 129 Å². The highest BCUT2D eigenvalue weighted by atomic mass is 19.1. The van der Waals surface area contributed by atoms with Crippen LogP contribution in [0.3, 0.4) is 0 Å². The summed E-state index contributed by atoms with van der Waals surface area (Å²) in [4.78, 5) is 0. The number of hydrogen-bond donors (Lipinski definition) is 0. The summed E-state index contributed by atoms with van der Waals surface area (Å²) < 4.78 is 15.5. The lowest BCUT2D eigenvalue weighted by atomic mass is 9.85. The molecule has 114 valence electrons. The van der Waals surface area contributed by atoms with Crippen LogP contribution in [0, 0.1) is 23.1 Å². The van der Waals surface area contributed by atoms with E-state index in [-0.39, 0.29) is 5.82 Å². The van der Waals surface area contributed by atoms with E-state index < -0.39 is 0 Å². The van der Waals surface area contributed by atoms with Crippen molar-refractivity contribution in [1.29, 1.82) is 5.26 Å². The second-order valence-corrected chi connectivity index (χ2v) is 5.90. The van der Waals surface area contributed by atoms with Crippen LogP contribution in [0.25, 0.3) is 5.69 Å². The molecular formula is C17H19FN4. The zero-order chi connectivity index (χ0) is 15.4. The lowest BCUT2D eigenvalue weighted by Gasteiger charge is -2.21. The van der Waals surface area contributed by atoms with E-state index in [1.165, 1.54) is 42.9 Å². The van der Waals surface area contributed by atoms with E-state index in [1.807, 2.05) is 0 Å². The van der Waals surface area contributed by atoms with Gasteiger partial charge in [-0.05, 0) is 30.9 Å². The minimum absolute atomic E-state index is 0.305. The van der Waals surface area contributed by atoms with Gasteiger partial charge >= 0.3 is 0 Å². The molecule has 0 amide bonds. The minimum atomic E-state index is -0.351. The molecule has 1 fully saturated rings. The van der Waals surface area contributed by atoms with Crippen LogP contribution < -0.4 is 0 Å². The predicted octanol–water partition coefficient (Wildman–Crippen LogP) is 3.79. The minimum Gasteiger partial charge on any atom is -0.213 e. The van der Waals surface area contributed by atoms with E-state index in [9.17, 15) is 9.65 Å². The first-order valence-electron chi connectivity index (χ1n) is 7.89. The van der Waals surface area contributed by atoms with Crippen LogP contribution in [-0.4, -0.2) is 15.0 Å². The Morgan fingerprint density at radius 3 is 2.73 bits per heavy atom. The molecule has 1 heterocycles. The van der Waals surface area contributed by atoms with Crippen molar-refractivity contribution < 1.29 is 4.39 Å². The Morgan fingerprint density at radius 1 is 1.23 bits per heavy atom. The first-order chi connectivity index (χ1) is 10.8. The quantitative estimate of drug-likeness (QED) is 0.863. The van der Waals surface area contributed by atoms with Crippen LogP contribution >= 0.6 is 0 Å². The van der Waals surface area contributed by atoms with Gasteiger partial charge in [0, 0.05) is 0 Å². The van der Waals surface area contributed by atoms with Crippen molar-refractivity contribution in [3.63, 3.8) is 0 Å². The van der Waals surface area contributed by atoms with Crippen molar-refractivity contribution in [1.82, 2.24) is 15.0 Å². The second-order valence-electron chi connectivity index (χ2n) is 5.90. The Bertz CT molecular complexity index is 680. The van der Waals surface area contributed by atoms with Gasteiger partial charge in [-0.15, -0.1) is 5.10 Å². The lowest BCUT2D eigenvalue weighted by Crippen LogP contribution is -2.11. The van der Waals surface area contributed by atoms with Gasteiger partial charge in [0.1, 0.15) is 17.6 Å². The molecule has 0 radical (unpaired) electrons. The smallest absolute Gasteiger partial charge is 0.186 e. The zero-order valence-corrected chi connectivity index (χ0v) is 12.5. The highest BCUT2D eigenvalue weighted by Crippen LogP contribution is 2.28. The van der Waals surface area contributed by atoms with Crippen molar-refractivity contribution in [2.24, 2.45) is 5.92 Å². The zero-order valence-electron chi connectivity index (χ0n) is 12.5. The summed E-state index contributed by atoms with van der Waals surface area (Å²) in [5, 5.41) is 17.1. The van der Waals surface area contributed by atoms with E-state index in [0.717, 1.165) is 18.5 Å². The summed E-state index contributed by atoms with van der Waals surface area (Å²) in [6, 6.07) is 8.54.